The zero-order chi connectivity index (χ0) is 11.1. The molecular weight excluding hydrogens is 188 g/mol. The maximum Gasteiger partial charge on any atom is 0.210 e. The van der Waals surface area contributed by atoms with Crippen LogP contribution in [0.15, 0.2) is 47.1 Å². The van der Waals surface area contributed by atoms with Gasteiger partial charge < -0.3 is 10.2 Å². The van der Waals surface area contributed by atoms with E-state index < -0.39 is 0 Å². The Morgan fingerprint density at radius 1 is 1.13 bits per heavy atom. The molecule has 1 heterocycles. The highest BCUT2D eigenvalue weighted by molar-refractivity contribution is 4.99. The molecule has 1 aromatic carbocycles. The van der Waals surface area contributed by atoms with Gasteiger partial charge in [0.1, 0.15) is 6.26 Å². The summed E-state index contributed by atoms with van der Waals surface area (Å²) in [6.07, 6.45) is 1.60. The molecule has 3 nitrogen and oxygen atoms in total. The lowest BCUT2D eigenvalue weighted by atomic mass is 10.4. The fourth-order valence-corrected chi connectivity index (χ4v) is 0.966. The van der Waals surface area contributed by atoms with E-state index in [4.69, 9.17) is 10.2 Å². The normalized spacial score (nSPS) is 11.4. The second kappa shape index (κ2) is 5.98. The number of nitrogens with zero attached hydrogens (tertiary/aromatic N) is 1. The maximum atomic E-state index is 5.47. The van der Waals surface area contributed by atoms with Gasteiger partial charge in [-0.25, -0.2) is 4.98 Å². The van der Waals surface area contributed by atoms with E-state index in [2.05, 4.69) is 4.98 Å². The van der Waals surface area contributed by atoms with E-state index in [-0.39, 0.29) is 6.04 Å². The SMILES string of the molecule is Cc1coc(C(C)N)n1.c1ccccc1. The lowest BCUT2D eigenvalue weighted by molar-refractivity contribution is 0.463. The molecule has 2 aromatic rings. The molecule has 15 heavy (non-hydrogen) atoms. The predicted octanol–water partition coefficient (Wildman–Crippen LogP) is 2.69. The second-order valence-electron chi connectivity index (χ2n) is 3.27. The van der Waals surface area contributed by atoms with Gasteiger partial charge in [-0.3, -0.25) is 0 Å². The maximum absolute atomic E-state index is 5.47. The van der Waals surface area contributed by atoms with Crippen LogP contribution in [0.1, 0.15) is 24.6 Å². The Balaban J connectivity index is 0.000000162. The monoisotopic (exact) mass is 204 g/mol. The minimum atomic E-state index is -0.0984. The number of hydrogen-bond donors (Lipinski definition) is 1. The van der Waals surface area contributed by atoms with Crippen molar-refractivity contribution >= 4 is 0 Å². The van der Waals surface area contributed by atoms with E-state index in [9.17, 15) is 0 Å². The van der Waals surface area contributed by atoms with Gasteiger partial charge in [-0.2, -0.15) is 0 Å². The fraction of sp³-hybridized carbons (Fsp3) is 0.250. The smallest absolute Gasteiger partial charge is 0.210 e. The summed E-state index contributed by atoms with van der Waals surface area (Å²) in [5.41, 5.74) is 6.35. The van der Waals surface area contributed by atoms with Crippen LogP contribution in [0.4, 0.5) is 0 Å². The molecule has 2 rings (SSSR count). The van der Waals surface area contributed by atoms with Gasteiger partial charge in [-0.05, 0) is 13.8 Å². The summed E-state index contributed by atoms with van der Waals surface area (Å²) in [5, 5.41) is 0. The molecule has 0 aliphatic heterocycles. The first-order valence-corrected chi connectivity index (χ1v) is 4.88. The molecule has 0 bridgehead atoms. The molecule has 0 saturated carbocycles. The third kappa shape index (κ3) is 4.42. The van der Waals surface area contributed by atoms with Crippen molar-refractivity contribution in [1.82, 2.24) is 4.98 Å². The summed E-state index contributed by atoms with van der Waals surface area (Å²) in [6.45, 7) is 3.71. The summed E-state index contributed by atoms with van der Waals surface area (Å²) >= 11 is 0. The Bertz CT molecular complexity index is 341. The summed E-state index contributed by atoms with van der Waals surface area (Å²) in [7, 11) is 0. The molecule has 1 unspecified atom stereocenters. The number of oxazole rings is 1. The molecule has 80 valence electrons. The highest BCUT2D eigenvalue weighted by atomic mass is 16.3. The molecular formula is C12H16N2O. The van der Waals surface area contributed by atoms with Crippen LogP contribution in [0.25, 0.3) is 0 Å². The number of nitrogens with two attached hydrogens (primary N) is 1. The largest absolute Gasteiger partial charge is 0.447 e. The van der Waals surface area contributed by atoms with Crippen molar-refractivity contribution < 1.29 is 4.42 Å². The molecule has 2 N–H and O–H groups in total. The molecule has 0 spiro atoms. The predicted molar refractivity (Wildman–Crippen MR) is 60.3 cm³/mol. The van der Waals surface area contributed by atoms with E-state index >= 15 is 0 Å². The first-order valence-electron chi connectivity index (χ1n) is 4.88. The highest BCUT2D eigenvalue weighted by Gasteiger charge is 2.03. The highest BCUT2D eigenvalue weighted by Crippen LogP contribution is 2.07. The number of aryl methyl sites for hydroxylation is 1. The van der Waals surface area contributed by atoms with Crippen LogP contribution in [-0.4, -0.2) is 4.98 Å². The molecule has 1 aromatic heterocycles. The molecule has 0 fully saturated rings. The van der Waals surface area contributed by atoms with E-state index in [1.807, 2.05) is 50.2 Å². The molecule has 0 aliphatic rings. The summed E-state index contributed by atoms with van der Waals surface area (Å²) in [4.78, 5) is 4.02. The standard InChI is InChI=1S/C6H10N2O.C6H6/c1-4-3-9-6(8-4)5(2)7;1-2-4-6-5-3-1/h3,5H,7H2,1-2H3;1-6H. The van der Waals surface area contributed by atoms with Crippen LogP contribution in [0.5, 0.6) is 0 Å². The zero-order valence-corrected chi connectivity index (χ0v) is 9.05. The van der Waals surface area contributed by atoms with E-state index in [0.717, 1.165) is 5.69 Å². The van der Waals surface area contributed by atoms with Crippen LogP contribution < -0.4 is 5.73 Å². The van der Waals surface area contributed by atoms with Gasteiger partial charge in [0, 0.05) is 0 Å². The fourth-order valence-electron chi connectivity index (χ4n) is 0.966. The first kappa shape index (κ1) is 11.5. The van der Waals surface area contributed by atoms with Crippen LogP contribution in [0.3, 0.4) is 0 Å². The third-order valence-electron chi connectivity index (χ3n) is 1.69. The molecule has 1 atom stereocenters. The lowest BCUT2D eigenvalue weighted by Crippen LogP contribution is -2.04. The van der Waals surface area contributed by atoms with E-state index in [0.29, 0.717) is 5.89 Å². The molecule has 0 amide bonds. The number of aromatic nitrogens is 1. The van der Waals surface area contributed by atoms with Crippen molar-refractivity contribution in [2.45, 2.75) is 19.9 Å². The van der Waals surface area contributed by atoms with Gasteiger partial charge >= 0.3 is 0 Å². The van der Waals surface area contributed by atoms with E-state index in [1.165, 1.54) is 0 Å². The number of hydrogen-bond acceptors (Lipinski definition) is 3. The van der Waals surface area contributed by atoms with Crippen molar-refractivity contribution in [2.24, 2.45) is 5.73 Å². The van der Waals surface area contributed by atoms with Crippen molar-refractivity contribution in [3.05, 3.63) is 54.2 Å². The van der Waals surface area contributed by atoms with Gasteiger partial charge in [0.15, 0.2) is 0 Å². The van der Waals surface area contributed by atoms with Gasteiger partial charge in [-0.1, -0.05) is 36.4 Å². The van der Waals surface area contributed by atoms with Crippen LogP contribution in [-0.2, 0) is 0 Å². The van der Waals surface area contributed by atoms with E-state index in [1.54, 1.807) is 6.26 Å². The van der Waals surface area contributed by atoms with Crippen LogP contribution in [0, 0.1) is 6.92 Å². The molecule has 0 radical (unpaired) electrons. The van der Waals surface area contributed by atoms with Crippen LogP contribution >= 0.6 is 0 Å². The Kier molecular flexibility index (Phi) is 4.57. The lowest BCUT2D eigenvalue weighted by Gasteiger charge is -1.94. The quantitative estimate of drug-likeness (QED) is 0.777. The van der Waals surface area contributed by atoms with Crippen molar-refractivity contribution in [1.29, 1.82) is 0 Å². The Morgan fingerprint density at radius 3 is 1.80 bits per heavy atom. The second-order valence-corrected chi connectivity index (χ2v) is 3.27. The summed E-state index contributed by atoms with van der Waals surface area (Å²) < 4.78 is 4.99. The Hall–Kier alpha value is -1.61. The first-order chi connectivity index (χ1) is 7.20. The molecule has 0 saturated heterocycles. The Labute approximate surface area is 89.9 Å². The zero-order valence-electron chi connectivity index (χ0n) is 9.05. The molecule has 0 aliphatic carbocycles. The van der Waals surface area contributed by atoms with Crippen LogP contribution in [0.2, 0.25) is 0 Å². The summed E-state index contributed by atoms with van der Waals surface area (Å²) in [6, 6.07) is 11.9. The van der Waals surface area contributed by atoms with Gasteiger partial charge in [0.2, 0.25) is 5.89 Å². The van der Waals surface area contributed by atoms with Crippen molar-refractivity contribution in [3.63, 3.8) is 0 Å². The number of benzene rings is 1. The minimum Gasteiger partial charge on any atom is -0.447 e. The summed E-state index contributed by atoms with van der Waals surface area (Å²) in [5.74, 6) is 0.604. The van der Waals surface area contributed by atoms with Crippen molar-refractivity contribution in [2.75, 3.05) is 0 Å². The topological polar surface area (TPSA) is 52.0 Å². The van der Waals surface area contributed by atoms with Gasteiger partial charge in [-0.15, -0.1) is 0 Å². The van der Waals surface area contributed by atoms with Gasteiger partial charge in [0.05, 0.1) is 11.7 Å². The third-order valence-corrected chi connectivity index (χ3v) is 1.69. The van der Waals surface area contributed by atoms with Crippen molar-refractivity contribution in [3.8, 4) is 0 Å². The average Bonchev–Trinajstić information content (AvgIpc) is 2.69. The average molecular weight is 204 g/mol. The minimum absolute atomic E-state index is 0.0984. The Morgan fingerprint density at radius 2 is 1.60 bits per heavy atom. The van der Waals surface area contributed by atoms with Gasteiger partial charge in [0.25, 0.3) is 0 Å². The molecule has 3 heteroatoms. The number of rotatable bonds is 1.